The second-order valence-corrected chi connectivity index (χ2v) is 8.83. The van der Waals surface area contributed by atoms with E-state index in [0.29, 0.717) is 5.75 Å². The summed E-state index contributed by atoms with van der Waals surface area (Å²) >= 11 is 9.63. The van der Waals surface area contributed by atoms with Crippen molar-refractivity contribution in [3.8, 4) is 11.5 Å². The fourth-order valence-electron chi connectivity index (χ4n) is 3.20. The molecule has 0 spiro atoms. The Labute approximate surface area is 179 Å². The summed E-state index contributed by atoms with van der Waals surface area (Å²) in [6.07, 6.45) is 3.09. The Balaban J connectivity index is 1.59. The largest absolute Gasteiger partial charge is 0.457 e. The van der Waals surface area contributed by atoms with Crippen LogP contribution in [0.25, 0.3) is 0 Å². The number of hydrogen-bond donors (Lipinski definition) is 0. The van der Waals surface area contributed by atoms with Crippen molar-refractivity contribution in [2.24, 2.45) is 0 Å². The smallest absolute Gasteiger partial charge is 0.127 e. The molecule has 0 heterocycles. The predicted octanol–water partition coefficient (Wildman–Crippen LogP) is 8.33. The van der Waals surface area contributed by atoms with Gasteiger partial charge in [0.2, 0.25) is 0 Å². The molecule has 0 radical (unpaired) electrons. The van der Waals surface area contributed by atoms with Gasteiger partial charge in [-0.25, -0.2) is 4.39 Å². The minimum Gasteiger partial charge on any atom is -0.457 e. The van der Waals surface area contributed by atoms with E-state index in [9.17, 15) is 4.39 Å². The molecule has 28 heavy (non-hydrogen) atoms. The molecule has 0 amide bonds. The molecule has 0 atom stereocenters. The lowest BCUT2D eigenvalue weighted by molar-refractivity contribution is 0.459. The molecule has 3 aromatic carbocycles. The zero-order valence-electron chi connectivity index (χ0n) is 16.0. The third kappa shape index (κ3) is 5.59. The van der Waals surface area contributed by atoms with E-state index in [2.05, 4.69) is 54.0 Å². The monoisotopic (exact) mass is 460 g/mol. The van der Waals surface area contributed by atoms with Gasteiger partial charge < -0.3 is 4.74 Å². The molecule has 0 aromatic heterocycles. The van der Waals surface area contributed by atoms with E-state index < -0.39 is 0 Å². The van der Waals surface area contributed by atoms with Gasteiger partial charge in [0.15, 0.2) is 0 Å². The summed E-state index contributed by atoms with van der Waals surface area (Å²) in [5.74, 6) is 1.13. The van der Waals surface area contributed by atoms with Gasteiger partial charge in [-0.05, 0) is 100 Å². The van der Waals surface area contributed by atoms with Crippen molar-refractivity contribution in [3.63, 3.8) is 0 Å². The van der Waals surface area contributed by atoms with Crippen molar-refractivity contribution in [2.75, 3.05) is 0 Å². The summed E-state index contributed by atoms with van der Waals surface area (Å²) in [7, 11) is 0. The standard InChI is InChI=1S/C24H23BrClFO/c1-24(2,18-8-13-23(26)22(25)16-18)14-4-6-17-5-3-7-21(15-17)28-20-11-9-19(27)10-12-20/h3,5,7-13,15-16H,4,6,14H2,1-2H3. The molecule has 0 aliphatic rings. The zero-order chi connectivity index (χ0) is 20.1. The summed E-state index contributed by atoms with van der Waals surface area (Å²) < 4.78 is 19.8. The fourth-order valence-corrected chi connectivity index (χ4v) is 3.70. The Morgan fingerprint density at radius 2 is 1.71 bits per heavy atom. The molecule has 4 heteroatoms. The fraction of sp³-hybridized carbons (Fsp3) is 0.250. The second-order valence-electron chi connectivity index (χ2n) is 7.57. The number of halogens is 3. The normalized spacial score (nSPS) is 11.5. The molecule has 0 bridgehead atoms. The summed E-state index contributed by atoms with van der Waals surface area (Å²) in [4.78, 5) is 0. The molecule has 146 valence electrons. The maximum atomic E-state index is 13.0. The summed E-state index contributed by atoms with van der Waals surface area (Å²) in [5, 5.41) is 0.734. The molecule has 0 N–H and O–H groups in total. The van der Waals surface area contributed by atoms with Gasteiger partial charge in [-0.3, -0.25) is 0 Å². The molecule has 0 aliphatic carbocycles. The highest BCUT2D eigenvalue weighted by molar-refractivity contribution is 9.10. The van der Waals surface area contributed by atoms with Gasteiger partial charge >= 0.3 is 0 Å². The average Bonchev–Trinajstić information content (AvgIpc) is 2.66. The maximum absolute atomic E-state index is 13.0. The summed E-state index contributed by atoms with van der Waals surface area (Å²) in [6, 6.07) is 20.3. The number of rotatable bonds is 7. The van der Waals surface area contributed by atoms with Crippen LogP contribution in [0.4, 0.5) is 4.39 Å². The molecule has 0 fully saturated rings. The Hall–Kier alpha value is -1.84. The quantitative estimate of drug-likeness (QED) is 0.343. The van der Waals surface area contributed by atoms with Crippen LogP contribution < -0.4 is 4.74 Å². The highest BCUT2D eigenvalue weighted by Crippen LogP contribution is 2.33. The lowest BCUT2D eigenvalue weighted by Gasteiger charge is -2.26. The van der Waals surface area contributed by atoms with Gasteiger partial charge in [0.1, 0.15) is 17.3 Å². The molecule has 0 saturated carbocycles. The van der Waals surface area contributed by atoms with Gasteiger partial charge in [0, 0.05) is 4.47 Å². The van der Waals surface area contributed by atoms with Crippen LogP contribution >= 0.6 is 27.5 Å². The molecule has 3 rings (SSSR count). The van der Waals surface area contributed by atoms with Crippen LogP contribution in [0.2, 0.25) is 5.02 Å². The van der Waals surface area contributed by atoms with E-state index in [1.807, 2.05) is 18.2 Å². The van der Waals surface area contributed by atoms with Crippen molar-refractivity contribution >= 4 is 27.5 Å². The first kappa shape index (κ1) is 20.9. The van der Waals surface area contributed by atoms with Gasteiger partial charge in [-0.2, -0.15) is 0 Å². The van der Waals surface area contributed by atoms with Crippen LogP contribution in [0.15, 0.2) is 71.2 Å². The van der Waals surface area contributed by atoms with E-state index in [0.717, 1.165) is 34.5 Å². The van der Waals surface area contributed by atoms with Crippen molar-refractivity contribution < 1.29 is 9.13 Å². The Morgan fingerprint density at radius 1 is 0.964 bits per heavy atom. The first-order chi connectivity index (χ1) is 13.3. The number of benzene rings is 3. The molecule has 0 saturated heterocycles. The van der Waals surface area contributed by atoms with E-state index in [4.69, 9.17) is 16.3 Å². The highest BCUT2D eigenvalue weighted by atomic mass is 79.9. The van der Waals surface area contributed by atoms with E-state index in [-0.39, 0.29) is 11.2 Å². The Morgan fingerprint density at radius 3 is 2.43 bits per heavy atom. The summed E-state index contributed by atoms with van der Waals surface area (Å²) in [6.45, 7) is 4.52. The number of hydrogen-bond acceptors (Lipinski definition) is 1. The molecule has 0 unspecified atom stereocenters. The van der Waals surface area contributed by atoms with E-state index in [1.54, 1.807) is 12.1 Å². The maximum Gasteiger partial charge on any atom is 0.127 e. The van der Waals surface area contributed by atoms with Crippen LogP contribution in [0.1, 0.15) is 37.8 Å². The van der Waals surface area contributed by atoms with Crippen LogP contribution in [0, 0.1) is 5.82 Å². The van der Waals surface area contributed by atoms with Crippen LogP contribution in [-0.2, 0) is 11.8 Å². The number of aryl methyl sites for hydroxylation is 1. The molecule has 3 aromatic rings. The Bertz CT molecular complexity index is 938. The first-order valence-corrected chi connectivity index (χ1v) is 10.5. The Kier molecular flexibility index (Phi) is 6.79. The van der Waals surface area contributed by atoms with Crippen LogP contribution in [-0.4, -0.2) is 0 Å². The first-order valence-electron chi connectivity index (χ1n) is 9.31. The zero-order valence-corrected chi connectivity index (χ0v) is 18.4. The van der Waals surface area contributed by atoms with Crippen molar-refractivity contribution in [3.05, 3.63) is 93.2 Å². The third-order valence-corrected chi connectivity index (χ3v) is 6.13. The summed E-state index contributed by atoms with van der Waals surface area (Å²) in [5.41, 5.74) is 2.57. The predicted molar refractivity (Wildman–Crippen MR) is 118 cm³/mol. The van der Waals surface area contributed by atoms with Gasteiger partial charge in [-0.1, -0.05) is 43.6 Å². The van der Waals surface area contributed by atoms with Crippen molar-refractivity contribution in [1.82, 2.24) is 0 Å². The van der Waals surface area contributed by atoms with Crippen molar-refractivity contribution in [2.45, 2.75) is 38.5 Å². The van der Waals surface area contributed by atoms with E-state index >= 15 is 0 Å². The number of ether oxygens (including phenoxy) is 1. The SMILES string of the molecule is CC(C)(CCCc1cccc(Oc2ccc(F)cc2)c1)c1ccc(Cl)c(Br)c1. The van der Waals surface area contributed by atoms with Gasteiger partial charge in [0.05, 0.1) is 5.02 Å². The highest BCUT2D eigenvalue weighted by Gasteiger charge is 2.21. The van der Waals surface area contributed by atoms with Crippen LogP contribution in [0.3, 0.4) is 0 Å². The second kappa shape index (κ2) is 9.11. The minimum atomic E-state index is -0.267. The molecule has 1 nitrogen and oxygen atoms in total. The van der Waals surface area contributed by atoms with Crippen molar-refractivity contribution in [1.29, 1.82) is 0 Å². The van der Waals surface area contributed by atoms with Crippen LogP contribution in [0.5, 0.6) is 11.5 Å². The average molecular weight is 462 g/mol. The topological polar surface area (TPSA) is 9.23 Å². The molecule has 0 aliphatic heterocycles. The lowest BCUT2D eigenvalue weighted by atomic mass is 9.80. The van der Waals surface area contributed by atoms with Gasteiger partial charge in [-0.15, -0.1) is 0 Å². The van der Waals surface area contributed by atoms with E-state index in [1.165, 1.54) is 23.3 Å². The third-order valence-electron chi connectivity index (χ3n) is 4.92. The van der Waals surface area contributed by atoms with Gasteiger partial charge in [0.25, 0.3) is 0 Å². The molecular weight excluding hydrogens is 439 g/mol. The molecular formula is C24H23BrClFO. The lowest BCUT2D eigenvalue weighted by Crippen LogP contribution is -2.17. The minimum absolute atomic E-state index is 0.0648.